The van der Waals surface area contributed by atoms with Crippen molar-refractivity contribution in [3.05, 3.63) is 473 Å². The van der Waals surface area contributed by atoms with Gasteiger partial charge in [-0.1, -0.05) is 376 Å². The normalized spacial score (nSPS) is 12.2. The van der Waals surface area contributed by atoms with Crippen LogP contribution in [0.2, 0.25) is 0 Å². The fourth-order valence-corrected chi connectivity index (χ4v) is 24.5. The molecule has 0 saturated heterocycles. The van der Waals surface area contributed by atoms with E-state index in [1.165, 1.54) is 196 Å². The zero-order valence-corrected chi connectivity index (χ0v) is 77.5. The monoisotopic (exact) mass is 1830 g/mol. The molecule has 144 heavy (non-hydrogen) atoms. The molecular formula is C138H78O6. The number of hydrogen-bond donors (Lipinski definition) is 0. The molecule has 27 aromatic carbocycles. The molecule has 6 aromatic heterocycles. The van der Waals surface area contributed by atoms with Crippen LogP contribution in [0.25, 0.3) is 328 Å². The Morgan fingerprint density at radius 2 is 0.319 bits per heavy atom. The maximum atomic E-state index is 6.52. The van der Waals surface area contributed by atoms with Gasteiger partial charge in [-0.3, -0.25) is 0 Å². The van der Waals surface area contributed by atoms with E-state index >= 15 is 0 Å². The highest BCUT2D eigenvalue weighted by Crippen LogP contribution is 2.55. The third kappa shape index (κ3) is 11.9. The Labute approximate surface area is 821 Å². The lowest BCUT2D eigenvalue weighted by atomic mass is 9.83. The van der Waals surface area contributed by atoms with Crippen molar-refractivity contribution >= 4 is 261 Å². The van der Waals surface area contributed by atoms with E-state index in [-0.39, 0.29) is 0 Å². The second kappa shape index (κ2) is 31.2. The van der Waals surface area contributed by atoms with Crippen molar-refractivity contribution < 1.29 is 26.5 Å². The summed E-state index contributed by atoms with van der Waals surface area (Å²) in [6.45, 7) is 0. The lowest BCUT2D eigenvalue weighted by Gasteiger charge is -2.20. The lowest BCUT2D eigenvalue weighted by molar-refractivity contribution is 0.669. The van der Waals surface area contributed by atoms with E-state index in [0.29, 0.717) is 0 Å². The van der Waals surface area contributed by atoms with E-state index in [0.717, 1.165) is 132 Å². The van der Waals surface area contributed by atoms with Gasteiger partial charge in [0.2, 0.25) is 0 Å². The van der Waals surface area contributed by atoms with Gasteiger partial charge in [0.05, 0.1) is 0 Å². The molecule has 0 saturated carbocycles. The highest BCUT2D eigenvalue weighted by atomic mass is 16.3. The highest BCUT2D eigenvalue weighted by molar-refractivity contribution is 6.33. The zero-order valence-electron chi connectivity index (χ0n) is 77.5. The summed E-state index contributed by atoms with van der Waals surface area (Å²) in [7, 11) is 0. The van der Waals surface area contributed by atoms with Gasteiger partial charge in [0, 0.05) is 75.4 Å². The Balaban J connectivity index is 0.0000000986. The van der Waals surface area contributed by atoms with Gasteiger partial charge in [-0.25, -0.2) is 0 Å². The minimum atomic E-state index is 0.902. The van der Waals surface area contributed by atoms with E-state index < -0.39 is 0 Å². The summed E-state index contributed by atoms with van der Waals surface area (Å²) in [5, 5.41) is 42.8. The number of furan rings is 6. The molecule has 33 rings (SSSR count). The molecule has 33 aromatic rings. The average Bonchev–Trinajstić information content (AvgIpc) is 1.15. The third-order valence-electron chi connectivity index (χ3n) is 30.7. The van der Waals surface area contributed by atoms with Gasteiger partial charge in [-0.05, 0) is 282 Å². The molecule has 0 N–H and O–H groups in total. The Morgan fingerprint density at radius 3 is 0.625 bits per heavy atom. The van der Waals surface area contributed by atoms with Crippen LogP contribution in [0.5, 0.6) is 0 Å². The van der Waals surface area contributed by atoms with Crippen LogP contribution in [0.4, 0.5) is 0 Å². The molecule has 0 atom stereocenters. The van der Waals surface area contributed by atoms with Crippen LogP contribution in [-0.4, -0.2) is 0 Å². The Morgan fingerprint density at radius 1 is 0.104 bits per heavy atom. The minimum absolute atomic E-state index is 0.902. The number of hydrogen-bond acceptors (Lipinski definition) is 6. The molecule has 0 amide bonds. The SMILES string of the molecule is c1ccc2c(c1)ccc1oc3cc(-c4c5ccccc5c(-c5ccc6c(c5)oc5ccc7ccccc7c56)c5ccccc45)ccc3c12.c1ccc2c(c1)ccc1oc3ccc(-c4c5ccccc5c(-c5ccc6oc7ccc8ccccc8c7c6c5)c5ccccc45)cc3c12.c1ccc2c(c1)oc1c3ccccc3c(-c3c4ccccc4c(-c4cc5c6ccccc6oc5c5ccccc45)c4ccccc34)cc21. The molecule has 0 radical (unpaired) electrons. The largest absolute Gasteiger partial charge is 0.456 e. The first-order chi connectivity index (χ1) is 71.4. The van der Waals surface area contributed by atoms with Crippen molar-refractivity contribution in [3.63, 3.8) is 0 Å². The van der Waals surface area contributed by atoms with Gasteiger partial charge in [0.1, 0.15) is 67.0 Å². The van der Waals surface area contributed by atoms with Gasteiger partial charge >= 0.3 is 0 Å². The van der Waals surface area contributed by atoms with E-state index in [4.69, 9.17) is 26.5 Å². The first-order valence-corrected chi connectivity index (χ1v) is 49.3. The number of para-hydroxylation sites is 2. The second-order valence-electron chi connectivity index (χ2n) is 38.3. The second-order valence-corrected chi connectivity index (χ2v) is 38.3. The molecule has 0 fully saturated rings. The minimum Gasteiger partial charge on any atom is -0.456 e. The molecule has 6 nitrogen and oxygen atoms in total. The molecule has 0 aliphatic carbocycles. The summed E-state index contributed by atoms with van der Waals surface area (Å²) < 4.78 is 38.8. The summed E-state index contributed by atoms with van der Waals surface area (Å²) >= 11 is 0. The quantitative estimate of drug-likeness (QED) is 0.154. The van der Waals surface area contributed by atoms with Gasteiger partial charge in [-0.2, -0.15) is 0 Å². The lowest BCUT2D eigenvalue weighted by Crippen LogP contribution is -1.93. The van der Waals surface area contributed by atoms with Crippen molar-refractivity contribution in [1.82, 2.24) is 0 Å². The first-order valence-electron chi connectivity index (χ1n) is 49.3. The van der Waals surface area contributed by atoms with Crippen LogP contribution in [0.1, 0.15) is 0 Å². The standard InChI is InChI=1S/3C46H26O2/c1-7-21-35-27(13-1)37(25-39-29-15-9-11-23-41(29)47-45(35)39)43-31-17-3-5-19-33(31)44(34-20-6-4-18-32(34)43)38-26-40-30-16-10-12-24-42(30)48-46(40)36-22-8-2-14-28(36)38;1-3-11-31-27(9-1)17-23-41-45(31)37-25-29(19-21-39(37)47-41)43-33-13-5-7-15-35(33)44(36-16-8-6-14-34(36)43)30-20-22-40-38(26-30)46-32-12-4-2-10-28(32)18-24-42(46)48-40;1-3-11-31-27(9-1)19-23-39-45(31)37-21-17-29(25-41(37)47-39)43-33-13-5-7-15-35(33)44(36-16-8-6-14-34(36)43)30-18-22-38-42(26-30)48-40-24-20-28-10-2-4-12-32(28)46(38)40/h3*1-26H. The number of fused-ring (bicyclic) bond motifs is 36. The van der Waals surface area contributed by atoms with Crippen molar-refractivity contribution in [2.24, 2.45) is 0 Å². The Hall–Kier alpha value is -19.1. The van der Waals surface area contributed by atoms with Crippen LogP contribution in [0, 0.1) is 0 Å². The van der Waals surface area contributed by atoms with Gasteiger partial charge in [0.25, 0.3) is 0 Å². The van der Waals surface area contributed by atoms with Crippen LogP contribution in [0.3, 0.4) is 0 Å². The topological polar surface area (TPSA) is 78.8 Å². The fourth-order valence-electron chi connectivity index (χ4n) is 24.5. The molecule has 0 aliphatic heterocycles. The maximum Gasteiger partial charge on any atom is 0.143 e. The molecule has 0 unspecified atom stereocenters. The van der Waals surface area contributed by atoms with E-state index in [1.807, 2.05) is 12.1 Å². The first kappa shape index (κ1) is 79.9. The molecule has 0 bridgehead atoms. The smallest absolute Gasteiger partial charge is 0.143 e. The maximum absolute atomic E-state index is 6.52. The average molecular weight is 1830 g/mol. The number of rotatable bonds is 6. The van der Waals surface area contributed by atoms with E-state index in [9.17, 15) is 0 Å². The predicted molar refractivity (Wildman–Crippen MR) is 606 cm³/mol. The molecule has 0 aliphatic rings. The zero-order chi connectivity index (χ0) is 94.0. The fraction of sp³-hybridized carbons (Fsp3) is 0. The van der Waals surface area contributed by atoms with Crippen molar-refractivity contribution in [2.75, 3.05) is 0 Å². The van der Waals surface area contributed by atoms with Crippen LogP contribution in [0.15, 0.2) is 500 Å². The van der Waals surface area contributed by atoms with Crippen molar-refractivity contribution in [2.45, 2.75) is 0 Å². The molecule has 666 valence electrons. The van der Waals surface area contributed by atoms with E-state index in [2.05, 4.69) is 461 Å². The van der Waals surface area contributed by atoms with E-state index in [1.54, 1.807) is 0 Å². The Kier molecular flexibility index (Phi) is 17.3. The van der Waals surface area contributed by atoms with Crippen LogP contribution in [-0.2, 0) is 0 Å². The summed E-state index contributed by atoms with van der Waals surface area (Å²) in [5.41, 5.74) is 25.4. The summed E-state index contributed by atoms with van der Waals surface area (Å²) in [4.78, 5) is 0. The molecule has 6 heteroatoms. The molecule has 0 spiro atoms. The summed E-state index contributed by atoms with van der Waals surface area (Å²) in [5.74, 6) is 0. The summed E-state index contributed by atoms with van der Waals surface area (Å²) in [6, 6.07) is 170. The Bertz CT molecular complexity index is 10600. The van der Waals surface area contributed by atoms with Crippen LogP contribution < -0.4 is 0 Å². The molecular weight excluding hydrogens is 1750 g/mol. The van der Waals surface area contributed by atoms with Crippen LogP contribution >= 0.6 is 0 Å². The van der Waals surface area contributed by atoms with Crippen molar-refractivity contribution in [1.29, 1.82) is 0 Å². The molecule has 6 heterocycles. The third-order valence-corrected chi connectivity index (χ3v) is 30.7. The summed E-state index contributed by atoms with van der Waals surface area (Å²) in [6.07, 6.45) is 0. The predicted octanol–water partition coefficient (Wildman–Crippen LogP) is 40.3. The van der Waals surface area contributed by atoms with Gasteiger partial charge in [0.15, 0.2) is 0 Å². The van der Waals surface area contributed by atoms with Gasteiger partial charge < -0.3 is 26.5 Å². The number of benzene rings is 27. The highest BCUT2D eigenvalue weighted by Gasteiger charge is 2.28. The van der Waals surface area contributed by atoms with Crippen molar-refractivity contribution in [3.8, 4) is 66.8 Å². The van der Waals surface area contributed by atoms with Gasteiger partial charge in [-0.15, -0.1) is 0 Å².